The number of hydrogen-bond acceptors (Lipinski definition) is 1. The predicted octanol–water partition coefficient (Wildman–Crippen LogP) is 2.67. The zero-order chi connectivity index (χ0) is 11.3. The van der Waals surface area contributed by atoms with Crippen LogP contribution in [0.15, 0.2) is 22.8 Å². The van der Waals surface area contributed by atoms with E-state index in [1.165, 1.54) is 16.7 Å². The van der Waals surface area contributed by atoms with Crippen LogP contribution in [0.3, 0.4) is 0 Å². The van der Waals surface area contributed by atoms with E-state index in [1.54, 1.807) is 7.05 Å². The average Bonchev–Trinajstić information content (AvgIpc) is 2.14. The van der Waals surface area contributed by atoms with Crippen molar-refractivity contribution in [2.75, 3.05) is 7.05 Å². The second-order valence-electron chi connectivity index (χ2n) is 3.88. The monoisotopic (exact) mass is 195 g/mol. The molecule has 0 aromatic carbocycles. The summed E-state index contributed by atoms with van der Waals surface area (Å²) >= 11 is 0. The summed E-state index contributed by atoms with van der Waals surface area (Å²) in [7, 11) is 1.66. The smallest absolute Gasteiger partial charge is 0.226 e. The summed E-state index contributed by atoms with van der Waals surface area (Å²) in [6, 6.07) is 0. The first kappa shape index (κ1) is 12.9. The van der Waals surface area contributed by atoms with E-state index < -0.39 is 0 Å². The second kappa shape index (κ2) is 5.63. The van der Waals surface area contributed by atoms with E-state index in [9.17, 15) is 4.79 Å². The van der Waals surface area contributed by atoms with Crippen LogP contribution in [0, 0.1) is 5.92 Å². The summed E-state index contributed by atoms with van der Waals surface area (Å²) in [4.78, 5) is 11.3. The maximum absolute atomic E-state index is 11.3. The van der Waals surface area contributed by atoms with Crippen LogP contribution in [0.5, 0.6) is 0 Å². The first-order valence-corrected chi connectivity index (χ1v) is 4.94. The van der Waals surface area contributed by atoms with Crippen LogP contribution >= 0.6 is 0 Å². The Kier molecular flexibility index (Phi) is 5.21. The Hall–Kier alpha value is -1.05. The van der Waals surface area contributed by atoms with Crippen LogP contribution < -0.4 is 5.32 Å². The molecule has 1 N–H and O–H groups in total. The number of hydrogen-bond donors (Lipinski definition) is 1. The van der Waals surface area contributed by atoms with Gasteiger partial charge in [0.2, 0.25) is 5.91 Å². The largest absolute Gasteiger partial charge is 0.359 e. The molecule has 80 valence electrons. The summed E-state index contributed by atoms with van der Waals surface area (Å²) in [6.07, 6.45) is 2.00. The van der Waals surface area contributed by atoms with E-state index in [0.29, 0.717) is 0 Å². The lowest BCUT2D eigenvalue weighted by Crippen LogP contribution is -2.24. The van der Waals surface area contributed by atoms with Gasteiger partial charge in [-0.25, -0.2) is 0 Å². The van der Waals surface area contributed by atoms with E-state index in [-0.39, 0.29) is 11.8 Å². The Bertz CT molecular complexity index is 270. The lowest BCUT2D eigenvalue weighted by Gasteiger charge is -2.08. The van der Waals surface area contributed by atoms with E-state index in [0.717, 1.165) is 0 Å². The van der Waals surface area contributed by atoms with E-state index in [2.05, 4.69) is 26.1 Å². The van der Waals surface area contributed by atoms with E-state index >= 15 is 0 Å². The molecule has 0 aromatic heterocycles. The highest BCUT2D eigenvalue weighted by Crippen LogP contribution is 2.15. The van der Waals surface area contributed by atoms with Crippen LogP contribution in [0.4, 0.5) is 0 Å². The molecular formula is C12H21NO. The molecule has 2 heteroatoms. The van der Waals surface area contributed by atoms with Crippen LogP contribution in [-0.2, 0) is 4.79 Å². The van der Waals surface area contributed by atoms with E-state index in [1.807, 2.05) is 19.9 Å². The standard InChI is InChI=1S/C12H21NO/c1-8(2)11(5)9(3)7-10(4)12(14)13-6/h7,10H,1-6H3,(H,13,14)/b9-7+. The Morgan fingerprint density at radius 1 is 1.21 bits per heavy atom. The highest BCUT2D eigenvalue weighted by Gasteiger charge is 2.08. The highest BCUT2D eigenvalue weighted by molar-refractivity contribution is 5.79. The minimum atomic E-state index is -0.0608. The molecule has 1 unspecified atom stereocenters. The first-order valence-electron chi connectivity index (χ1n) is 4.94. The first-order chi connectivity index (χ1) is 6.40. The van der Waals surface area contributed by atoms with Gasteiger partial charge < -0.3 is 5.32 Å². The predicted molar refractivity (Wildman–Crippen MR) is 61.0 cm³/mol. The fourth-order valence-corrected chi connectivity index (χ4v) is 1.20. The molecule has 0 saturated carbocycles. The third-order valence-electron chi connectivity index (χ3n) is 2.50. The maximum atomic E-state index is 11.3. The number of amides is 1. The molecule has 14 heavy (non-hydrogen) atoms. The van der Waals surface area contributed by atoms with Crippen molar-refractivity contribution in [2.24, 2.45) is 5.92 Å². The number of rotatable bonds is 3. The molecule has 2 nitrogen and oxygen atoms in total. The number of carbonyl (C=O) groups excluding carboxylic acids is 1. The Morgan fingerprint density at radius 2 is 1.71 bits per heavy atom. The second-order valence-corrected chi connectivity index (χ2v) is 3.88. The van der Waals surface area contributed by atoms with Gasteiger partial charge in [0, 0.05) is 7.05 Å². The molecule has 0 aliphatic rings. The van der Waals surface area contributed by atoms with Crippen molar-refractivity contribution in [3.63, 3.8) is 0 Å². The molecule has 0 aliphatic carbocycles. The zero-order valence-corrected chi connectivity index (χ0v) is 10.1. The number of nitrogens with one attached hydrogen (secondary N) is 1. The maximum Gasteiger partial charge on any atom is 0.226 e. The minimum absolute atomic E-state index is 0.0608. The third kappa shape index (κ3) is 3.77. The van der Waals surface area contributed by atoms with Crippen molar-refractivity contribution >= 4 is 5.91 Å². The molecule has 0 fully saturated rings. The van der Waals surface area contributed by atoms with Crippen LogP contribution in [0.1, 0.15) is 34.6 Å². The van der Waals surface area contributed by atoms with E-state index in [4.69, 9.17) is 0 Å². The van der Waals surface area contributed by atoms with Gasteiger partial charge in [-0.15, -0.1) is 0 Å². The van der Waals surface area contributed by atoms with Gasteiger partial charge in [0.05, 0.1) is 5.92 Å². The molecule has 0 rings (SSSR count). The van der Waals surface area contributed by atoms with Crippen molar-refractivity contribution < 1.29 is 4.79 Å². The molecule has 0 heterocycles. The van der Waals surface area contributed by atoms with Gasteiger partial charge >= 0.3 is 0 Å². The van der Waals surface area contributed by atoms with Crippen molar-refractivity contribution in [3.05, 3.63) is 22.8 Å². The summed E-state index contributed by atoms with van der Waals surface area (Å²) in [5, 5.41) is 2.64. The van der Waals surface area contributed by atoms with Gasteiger partial charge in [-0.1, -0.05) is 24.1 Å². The Morgan fingerprint density at radius 3 is 2.07 bits per heavy atom. The third-order valence-corrected chi connectivity index (χ3v) is 2.50. The van der Waals surface area contributed by atoms with Crippen molar-refractivity contribution in [1.29, 1.82) is 0 Å². The lowest BCUT2D eigenvalue weighted by atomic mass is 10.00. The topological polar surface area (TPSA) is 29.1 Å². The fourth-order valence-electron chi connectivity index (χ4n) is 1.20. The molecular weight excluding hydrogens is 174 g/mol. The minimum Gasteiger partial charge on any atom is -0.359 e. The summed E-state index contributed by atoms with van der Waals surface area (Å²) in [5.41, 5.74) is 3.74. The van der Waals surface area contributed by atoms with Crippen molar-refractivity contribution in [3.8, 4) is 0 Å². The Balaban J connectivity index is 4.69. The summed E-state index contributed by atoms with van der Waals surface area (Å²) < 4.78 is 0. The summed E-state index contributed by atoms with van der Waals surface area (Å²) in [6.45, 7) is 10.2. The number of allylic oxidation sites excluding steroid dienone is 3. The molecule has 0 bridgehead atoms. The SMILES string of the molecule is CNC(=O)C(C)/C=C(\C)C(C)=C(C)C. The van der Waals surface area contributed by atoms with Gasteiger partial charge in [0.15, 0.2) is 0 Å². The highest BCUT2D eigenvalue weighted by atomic mass is 16.1. The van der Waals surface area contributed by atoms with Gasteiger partial charge in [-0.3, -0.25) is 4.79 Å². The van der Waals surface area contributed by atoms with Gasteiger partial charge in [0.25, 0.3) is 0 Å². The van der Waals surface area contributed by atoms with Crippen molar-refractivity contribution in [1.82, 2.24) is 5.32 Å². The van der Waals surface area contributed by atoms with Gasteiger partial charge in [-0.05, 0) is 33.3 Å². The fraction of sp³-hybridized carbons (Fsp3) is 0.583. The average molecular weight is 195 g/mol. The van der Waals surface area contributed by atoms with Crippen LogP contribution in [-0.4, -0.2) is 13.0 Å². The quantitative estimate of drug-likeness (QED) is 0.689. The molecule has 0 spiro atoms. The Labute approximate surface area is 87.1 Å². The van der Waals surface area contributed by atoms with Crippen molar-refractivity contribution in [2.45, 2.75) is 34.6 Å². The van der Waals surface area contributed by atoms with Gasteiger partial charge in [0.1, 0.15) is 0 Å². The summed E-state index contributed by atoms with van der Waals surface area (Å²) in [5.74, 6) is 0.000191. The van der Waals surface area contributed by atoms with Crippen LogP contribution in [0.2, 0.25) is 0 Å². The lowest BCUT2D eigenvalue weighted by molar-refractivity contribution is -0.122. The zero-order valence-electron chi connectivity index (χ0n) is 10.1. The molecule has 0 aromatic rings. The van der Waals surface area contributed by atoms with Gasteiger partial charge in [-0.2, -0.15) is 0 Å². The molecule has 0 saturated heterocycles. The number of carbonyl (C=O) groups is 1. The molecule has 0 radical (unpaired) electrons. The molecule has 1 atom stereocenters. The molecule has 1 amide bonds. The normalized spacial score (nSPS) is 13.4. The van der Waals surface area contributed by atoms with Crippen LogP contribution in [0.25, 0.3) is 0 Å². The molecule has 0 aliphatic heterocycles.